The van der Waals surface area contributed by atoms with Gasteiger partial charge in [0.05, 0.1) is 31.7 Å². The van der Waals surface area contributed by atoms with Crippen LogP contribution in [-0.4, -0.2) is 92.3 Å². The van der Waals surface area contributed by atoms with E-state index in [1.165, 1.54) is 0 Å². The number of carbonyl (C=O) groups excluding carboxylic acids is 2. The molecule has 1 N–H and O–H groups in total. The number of nitrogens with zero attached hydrogens (tertiary/aromatic N) is 6. The SMILES string of the molecule is CN1C(=O)CCO[C@H]2CN(C(=O)c3ccc(Cn4cnnn4)cc3)C[C@@H]21.O=CO. The van der Waals surface area contributed by atoms with Crippen molar-refractivity contribution in [2.24, 2.45) is 0 Å². The van der Waals surface area contributed by atoms with Crippen LogP contribution in [0.4, 0.5) is 0 Å². The van der Waals surface area contributed by atoms with Crippen molar-refractivity contribution in [3.63, 3.8) is 0 Å². The summed E-state index contributed by atoms with van der Waals surface area (Å²) in [5, 5.41) is 17.9. The number of aromatic nitrogens is 4. The smallest absolute Gasteiger partial charge is 0.290 e. The van der Waals surface area contributed by atoms with Crippen LogP contribution in [0.5, 0.6) is 0 Å². The van der Waals surface area contributed by atoms with Gasteiger partial charge in [-0.3, -0.25) is 14.4 Å². The van der Waals surface area contributed by atoms with Crippen molar-refractivity contribution in [2.75, 3.05) is 26.7 Å². The van der Waals surface area contributed by atoms with Crippen LogP contribution in [0.2, 0.25) is 0 Å². The highest BCUT2D eigenvalue weighted by Crippen LogP contribution is 2.23. The maximum Gasteiger partial charge on any atom is 0.290 e. The Morgan fingerprint density at radius 3 is 2.69 bits per heavy atom. The Kier molecular flexibility index (Phi) is 6.50. The Morgan fingerprint density at radius 2 is 2.03 bits per heavy atom. The standard InChI is InChI=1S/C17H20N6O3.CH2O2/c1-21-14-9-22(10-15(14)26-7-6-16(21)24)17(25)13-4-2-12(3-5-13)8-23-11-18-19-20-23;2-1-3/h2-5,11,14-15H,6-10H2,1H3;1H,(H,2,3)/t14-,15-;/m0./s1. The van der Waals surface area contributed by atoms with Gasteiger partial charge < -0.3 is 19.6 Å². The topological polar surface area (TPSA) is 131 Å². The van der Waals surface area contributed by atoms with Crippen LogP contribution in [0.15, 0.2) is 30.6 Å². The Hall–Kier alpha value is -3.34. The van der Waals surface area contributed by atoms with Crippen LogP contribution in [0, 0.1) is 0 Å². The average Bonchev–Trinajstić information content (AvgIpc) is 3.35. The van der Waals surface area contributed by atoms with Crippen molar-refractivity contribution < 1.29 is 24.2 Å². The Bertz CT molecular complexity index is 841. The van der Waals surface area contributed by atoms with Crippen molar-refractivity contribution in [3.05, 3.63) is 41.7 Å². The summed E-state index contributed by atoms with van der Waals surface area (Å²) in [6.07, 6.45) is 1.83. The number of likely N-dealkylation sites (N-methyl/N-ethyl adjacent to an activating group) is 1. The van der Waals surface area contributed by atoms with Crippen LogP contribution in [0.1, 0.15) is 22.3 Å². The second-order valence-corrected chi connectivity index (χ2v) is 6.75. The molecule has 2 aliphatic rings. The number of carbonyl (C=O) groups is 3. The molecule has 0 aliphatic carbocycles. The fourth-order valence-electron chi connectivity index (χ4n) is 3.49. The lowest BCUT2D eigenvalue weighted by Crippen LogP contribution is -2.43. The van der Waals surface area contributed by atoms with Gasteiger partial charge in [0, 0.05) is 25.7 Å². The van der Waals surface area contributed by atoms with Crippen molar-refractivity contribution in [1.82, 2.24) is 30.0 Å². The van der Waals surface area contributed by atoms with Gasteiger partial charge in [0.2, 0.25) is 5.91 Å². The molecule has 2 saturated heterocycles. The zero-order chi connectivity index (χ0) is 20.8. The van der Waals surface area contributed by atoms with E-state index in [0.717, 1.165) is 5.56 Å². The van der Waals surface area contributed by atoms with Crippen molar-refractivity contribution in [2.45, 2.75) is 25.1 Å². The number of benzene rings is 1. The molecule has 11 heteroatoms. The van der Waals surface area contributed by atoms with Gasteiger partial charge in [0.25, 0.3) is 12.4 Å². The molecule has 0 unspecified atom stereocenters. The van der Waals surface area contributed by atoms with Gasteiger partial charge in [0.15, 0.2) is 0 Å². The molecule has 1 aromatic carbocycles. The monoisotopic (exact) mass is 402 g/mol. The van der Waals surface area contributed by atoms with Crippen LogP contribution >= 0.6 is 0 Å². The molecule has 154 valence electrons. The predicted molar refractivity (Wildman–Crippen MR) is 98.9 cm³/mol. The third-order valence-corrected chi connectivity index (χ3v) is 5.00. The van der Waals surface area contributed by atoms with Crippen LogP contribution in [0.3, 0.4) is 0 Å². The molecule has 2 fully saturated rings. The number of likely N-dealkylation sites (tertiary alicyclic amines) is 1. The maximum absolute atomic E-state index is 12.8. The molecular formula is C18H22N6O5. The fraction of sp³-hybridized carbons (Fsp3) is 0.444. The molecule has 0 radical (unpaired) electrons. The van der Waals surface area contributed by atoms with E-state index in [0.29, 0.717) is 38.2 Å². The van der Waals surface area contributed by atoms with Crippen LogP contribution in [0.25, 0.3) is 0 Å². The summed E-state index contributed by atoms with van der Waals surface area (Å²) >= 11 is 0. The summed E-state index contributed by atoms with van der Waals surface area (Å²) < 4.78 is 7.40. The van der Waals surface area contributed by atoms with Gasteiger partial charge in [0.1, 0.15) is 6.33 Å². The summed E-state index contributed by atoms with van der Waals surface area (Å²) in [6, 6.07) is 7.34. The molecule has 0 spiro atoms. The van der Waals surface area contributed by atoms with E-state index in [9.17, 15) is 9.59 Å². The summed E-state index contributed by atoms with van der Waals surface area (Å²) in [7, 11) is 1.79. The van der Waals surface area contributed by atoms with Gasteiger partial charge >= 0.3 is 0 Å². The minimum atomic E-state index is -0.250. The Balaban J connectivity index is 0.000000755. The molecule has 4 rings (SSSR count). The molecule has 2 aliphatic heterocycles. The number of rotatable bonds is 3. The van der Waals surface area contributed by atoms with Gasteiger partial charge in [-0.25, -0.2) is 4.68 Å². The first-order valence-electron chi connectivity index (χ1n) is 9.07. The molecular weight excluding hydrogens is 380 g/mol. The van der Waals surface area contributed by atoms with Crippen molar-refractivity contribution in [1.29, 1.82) is 0 Å². The Labute approximate surface area is 166 Å². The van der Waals surface area contributed by atoms with Gasteiger partial charge in [-0.15, -0.1) is 5.10 Å². The second kappa shape index (κ2) is 9.24. The van der Waals surface area contributed by atoms with E-state index in [1.54, 1.807) is 27.9 Å². The van der Waals surface area contributed by atoms with Crippen molar-refractivity contribution in [3.8, 4) is 0 Å². The lowest BCUT2D eigenvalue weighted by Gasteiger charge is -2.25. The van der Waals surface area contributed by atoms with Crippen LogP contribution < -0.4 is 0 Å². The molecule has 0 bridgehead atoms. The van der Waals surface area contributed by atoms with Crippen LogP contribution in [-0.2, 0) is 20.9 Å². The minimum absolute atomic E-state index is 0.0449. The molecule has 29 heavy (non-hydrogen) atoms. The number of fused-ring (bicyclic) bond motifs is 1. The number of carboxylic acid groups (broad SMARTS) is 1. The highest BCUT2D eigenvalue weighted by atomic mass is 16.5. The number of hydrogen-bond donors (Lipinski definition) is 1. The van der Waals surface area contributed by atoms with E-state index in [1.807, 2.05) is 24.3 Å². The first kappa shape index (κ1) is 20.4. The number of amides is 2. The lowest BCUT2D eigenvalue weighted by atomic mass is 10.1. The fourth-order valence-corrected chi connectivity index (χ4v) is 3.49. The predicted octanol–water partition coefficient (Wildman–Crippen LogP) is -0.506. The molecule has 1 aromatic heterocycles. The number of tetrazole rings is 1. The van der Waals surface area contributed by atoms with Gasteiger partial charge in [-0.2, -0.15) is 0 Å². The highest BCUT2D eigenvalue weighted by molar-refractivity contribution is 5.94. The molecule has 2 atom stereocenters. The highest BCUT2D eigenvalue weighted by Gasteiger charge is 2.41. The van der Waals surface area contributed by atoms with Gasteiger partial charge in [-0.1, -0.05) is 12.1 Å². The van der Waals surface area contributed by atoms with E-state index >= 15 is 0 Å². The van der Waals surface area contributed by atoms with Gasteiger partial charge in [-0.05, 0) is 28.1 Å². The number of hydrogen-bond acceptors (Lipinski definition) is 7. The summed E-state index contributed by atoms with van der Waals surface area (Å²) in [5.74, 6) is 0.0234. The lowest BCUT2D eigenvalue weighted by molar-refractivity contribution is -0.131. The largest absolute Gasteiger partial charge is 0.483 e. The normalized spacial score (nSPS) is 21.1. The zero-order valence-electron chi connectivity index (χ0n) is 15.9. The average molecular weight is 402 g/mol. The van der Waals surface area contributed by atoms with E-state index < -0.39 is 0 Å². The Morgan fingerprint density at radius 1 is 1.31 bits per heavy atom. The first-order valence-corrected chi connectivity index (χ1v) is 9.07. The molecule has 11 nitrogen and oxygen atoms in total. The first-order chi connectivity index (χ1) is 14.0. The molecule has 3 heterocycles. The second-order valence-electron chi connectivity index (χ2n) is 6.75. The maximum atomic E-state index is 12.8. The summed E-state index contributed by atoms with van der Waals surface area (Å²) in [6.45, 7) is 1.72. The molecule has 0 saturated carbocycles. The molecule has 2 aromatic rings. The number of ether oxygens (including phenoxy) is 1. The third-order valence-electron chi connectivity index (χ3n) is 5.00. The van der Waals surface area contributed by atoms with E-state index in [2.05, 4.69) is 15.5 Å². The zero-order valence-corrected chi connectivity index (χ0v) is 15.9. The van der Waals surface area contributed by atoms with Crippen molar-refractivity contribution >= 4 is 18.3 Å². The summed E-state index contributed by atoms with van der Waals surface area (Å²) in [5.41, 5.74) is 1.63. The van der Waals surface area contributed by atoms with E-state index in [4.69, 9.17) is 14.6 Å². The molecule has 2 amide bonds. The van der Waals surface area contributed by atoms with E-state index in [-0.39, 0.29) is 30.4 Å². The third kappa shape index (κ3) is 4.74. The quantitative estimate of drug-likeness (QED) is 0.680. The summed E-state index contributed by atoms with van der Waals surface area (Å²) in [4.78, 5) is 36.7. The minimum Gasteiger partial charge on any atom is -0.483 e.